The first-order valence-corrected chi connectivity index (χ1v) is 9.47. The summed E-state index contributed by atoms with van der Waals surface area (Å²) in [6, 6.07) is 15.0. The van der Waals surface area contributed by atoms with Gasteiger partial charge < -0.3 is 20.6 Å². The third-order valence-electron chi connectivity index (χ3n) is 3.95. The highest BCUT2D eigenvalue weighted by atomic mass is 32.2. The van der Waals surface area contributed by atoms with Gasteiger partial charge in [-0.15, -0.1) is 10.2 Å². The van der Waals surface area contributed by atoms with Crippen LogP contribution in [0, 0.1) is 0 Å². The lowest BCUT2D eigenvalue weighted by Gasteiger charge is -2.11. The van der Waals surface area contributed by atoms with Gasteiger partial charge in [0.2, 0.25) is 11.1 Å². The predicted molar refractivity (Wildman–Crippen MR) is 108 cm³/mol. The minimum atomic E-state index is -0.218. The van der Waals surface area contributed by atoms with E-state index in [1.807, 2.05) is 30.3 Å². The van der Waals surface area contributed by atoms with Crippen LogP contribution in [0.1, 0.15) is 11.4 Å². The summed E-state index contributed by atoms with van der Waals surface area (Å²) in [5.74, 6) is 7.78. The van der Waals surface area contributed by atoms with E-state index in [9.17, 15) is 4.79 Å². The van der Waals surface area contributed by atoms with Crippen molar-refractivity contribution in [2.75, 3.05) is 31.1 Å². The number of hydrogen-bond donors (Lipinski definition) is 2. The van der Waals surface area contributed by atoms with Gasteiger partial charge in [-0.1, -0.05) is 42.1 Å². The van der Waals surface area contributed by atoms with Crippen molar-refractivity contribution in [3.05, 3.63) is 59.9 Å². The first-order chi connectivity index (χ1) is 13.6. The van der Waals surface area contributed by atoms with Gasteiger partial charge in [0.05, 0.1) is 25.7 Å². The molecule has 0 atom stereocenters. The number of nitrogens with two attached hydrogens (primary N) is 1. The maximum atomic E-state index is 12.3. The van der Waals surface area contributed by atoms with Crippen LogP contribution in [-0.2, 0) is 11.2 Å². The Morgan fingerprint density at radius 2 is 1.93 bits per heavy atom. The molecule has 0 saturated carbocycles. The number of methoxy groups -OCH3 is 2. The summed E-state index contributed by atoms with van der Waals surface area (Å²) >= 11 is 1.21. The van der Waals surface area contributed by atoms with Crippen molar-refractivity contribution < 1.29 is 14.3 Å². The average Bonchev–Trinajstić information content (AvgIpc) is 3.06. The van der Waals surface area contributed by atoms with Crippen LogP contribution >= 0.6 is 11.8 Å². The molecule has 0 fully saturated rings. The first kappa shape index (κ1) is 19.6. The lowest BCUT2D eigenvalue weighted by atomic mass is 10.1. The van der Waals surface area contributed by atoms with Crippen LogP contribution in [0.15, 0.2) is 53.7 Å². The maximum absolute atomic E-state index is 12.3. The molecule has 3 rings (SSSR count). The van der Waals surface area contributed by atoms with Gasteiger partial charge >= 0.3 is 0 Å². The lowest BCUT2D eigenvalue weighted by molar-refractivity contribution is -0.113. The summed E-state index contributed by atoms with van der Waals surface area (Å²) in [5, 5.41) is 11.5. The highest BCUT2D eigenvalue weighted by molar-refractivity contribution is 7.99. The number of thioether (sulfide) groups is 1. The Labute approximate surface area is 167 Å². The highest BCUT2D eigenvalue weighted by Crippen LogP contribution is 2.29. The second kappa shape index (κ2) is 9.14. The van der Waals surface area contributed by atoms with E-state index >= 15 is 0 Å². The largest absolute Gasteiger partial charge is 0.497 e. The molecule has 0 spiro atoms. The minimum Gasteiger partial charge on any atom is -0.497 e. The molecule has 0 unspecified atom stereocenters. The van der Waals surface area contributed by atoms with Crippen LogP contribution in [0.4, 0.5) is 5.69 Å². The molecule has 0 aliphatic heterocycles. The smallest absolute Gasteiger partial charge is 0.234 e. The van der Waals surface area contributed by atoms with E-state index in [2.05, 4.69) is 15.5 Å². The Morgan fingerprint density at radius 1 is 1.14 bits per heavy atom. The zero-order valence-corrected chi connectivity index (χ0v) is 16.4. The molecule has 1 heterocycles. The standard InChI is InChI=1S/C19H21N5O3S/c1-26-14-8-9-16(27-2)15(11-14)21-18(25)12-28-19-23-22-17(24(19)20)10-13-6-4-3-5-7-13/h3-9,11H,10,12,20H2,1-2H3,(H,21,25). The molecule has 0 bridgehead atoms. The summed E-state index contributed by atoms with van der Waals surface area (Å²) < 4.78 is 11.9. The number of nitrogens with one attached hydrogen (secondary N) is 1. The number of nitrogen functional groups attached to an aromatic ring is 1. The Bertz CT molecular complexity index is 946. The number of rotatable bonds is 8. The number of ether oxygens (including phenoxy) is 2. The fourth-order valence-corrected chi connectivity index (χ4v) is 3.21. The van der Waals surface area contributed by atoms with Gasteiger partial charge in [0.25, 0.3) is 0 Å². The van der Waals surface area contributed by atoms with E-state index < -0.39 is 0 Å². The highest BCUT2D eigenvalue weighted by Gasteiger charge is 2.14. The molecule has 2 aromatic carbocycles. The van der Waals surface area contributed by atoms with Crippen molar-refractivity contribution in [1.29, 1.82) is 0 Å². The summed E-state index contributed by atoms with van der Waals surface area (Å²) in [4.78, 5) is 12.3. The molecular weight excluding hydrogens is 378 g/mol. The third kappa shape index (κ3) is 4.74. The molecule has 3 aromatic rings. The van der Waals surface area contributed by atoms with E-state index in [0.717, 1.165) is 5.56 Å². The molecule has 1 amide bonds. The van der Waals surface area contributed by atoms with Crippen LogP contribution in [0.3, 0.4) is 0 Å². The number of carbonyl (C=O) groups is 1. The van der Waals surface area contributed by atoms with Crippen LogP contribution < -0.4 is 20.6 Å². The summed E-state index contributed by atoms with van der Waals surface area (Å²) in [6.45, 7) is 0. The zero-order chi connectivity index (χ0) is 19.9. The molecule has 9 heteroatoms. The van der Waals surface area contributed by atoms with Crippen molar-refractivity contribution >= 4 is 23.4 Å². The van der Waals surface area contributed by atoms with E-state index in [-0.39, 0.29) is 11.7 Å². The molecular formula is C19H21N5O3S. The topological polar surface area (TPSA) is 104 Å². The molecule has 28 heavy (non-hydrogen) atoms. The molecule has 3 N–H and O–H groups in total. The Balaban J connectivity index is 1.61. The molecule has 0 aliphatic carbocycles. The number of hydrogen-bond acceptors (Lipinski definition) is 7. The fourth-order valence-electron chi connectivity index (χ4n) is 2.53. The SMILES string of the molecule is COc1ccc(OC)c(NC(=O)CSc2nnc(Cc3ccccc3)n2N)c1. The Morgan fingerprint density at radius 3 is 2.64 bits per heavy atom. The van der Waals surface area contributed by atoms with E-state index in [0.29, 0.717) is 34.6 Å². The van der Waals surface area contributed by atoms with Crippen molar-refractivity contribution in [3.8, 4) is 11.5 Å². The van der Waals surface area contributed by atoms with Gasteiger partial charge in [-0.25, -0.2) is 4.68 Å². The van der Waals surface area contributed by atoms with E-state index in [1.165, 1.54) is 23.5 Å². The van der Waals surface area contributed by atoms with Crippen molar-refractivity contribution in [3.63, 3.8) is 0 Å². The Kier molecular flexibility index (Phi) is 6.38. The second-order valence-electron chi connectivity index (χ2n) is 5.83. The molecule has 0 aliphatic rings. The van der Waals surface area contributed by atoms with Gasteiger partial charge in [-0.05, 0) is 17.7 Å². The number of amides is 1. The summed E-state index contributed by atoms with van der Waals surface area (Å²) in [6.07, 6.45) is 0.568. The molecule has 0 saturated heterocycles. The Hall–Kier alpha value is -3.20. The molecule has 1 aromatic heterocycles. The fraction of sp³-hybridized carbons (Fsp3) is 0.211. The lowest BCUT2D eigenvalue weighted by Crippen LogP contribution is -2.17. The molecule has 146 valence electrons. The van der Waals surface area contributed by atoms with Crippen LogP contribution in [-0.4, -0.2) is 40.8 Å². The number of nitrogens with zero attached hydrogens (tertiary/aromatic N) is 3. The zero-order valence-electron chi connectivity index (χ0n) is 15.6. The first-order valence-electron chi connectivity index (χ1n) is 8.48. The van der Waals surface area contributed by atoms with Crippen molar-refractivity contribution in [2.24, 2.45) is 0 Å². The number of benzene rings is 2. The minimum absolute atomic E-state index is 0.126. The van der Waals surface area contributed by atoms with Gasteiger partial charge in [-0.2, -0.15) is 0 Å². The summed E-state index contributed by atoms with van der Waals surface area (Å²) in [7, 11) is 3.10. The number of anilines is 1. The number of aromatic nitrogens is 3. The van der Waals surface area contributed by atoms with Gasteiger partial charge in [0.15, 0.2) is 5.82 Å². The number of carbonyl (C=O) groups excluding carboxylic acids is 1. The molecule has 0 radical (unpaired) electrons. The van der Waals surface area contributed by atoms with Gasteiger partial charge in [0.1, 0.15) is 11.5 Å². The second-order valence-corrected chi connectivity index (χ2v) is 6.78. The summed E-state index contributed by atoms with van der Waals surface area (Å²) in [5.41, 5.74) is 1.62. The van der Waals surface area contributed by atoms with Crippen molar-refractivity contribution in [1.82, 2.24) is 14.9 Å². The normalized spacial score (nSPS) is 10.5. The third-order valence-corrected chi connectivity index (χ3v) is 4.90. The predicted octanol–water partition coefficient (Wildman–Crippen LogP) is 2.33. The van der Waals surface area contributed by atoms with Crippen molar-refractivity contribution in [2.45, 2.75) is 11.6 Å². The average molecular weight is 399 g/mol. The van der Waals surface area contributed by atoms with Crippen LogP contribution in [0.2, 0.25) is 0 Å². The molecule has 8 nitrogen and oxygen atoms in total. The monoisotopic (exact) mass is 399 g/mol. The quantitative estimate of drug-likeness (QED) is 0.442. The van der Waals surface area contributed by atoms with Gasteiger partial charge in [-0.3, -0.25) is 4.79 Å². The van der Waals surface area contributed by atoms with Crippen LogP contribution in [0.25, 0.3) is 0 Å². The van der Waals surface area contributed by atoms with Crippen LogP contribution in [0.5, 0.6) is 11.5 Å². The van der Waals surface area contributed by atoms with E-state index in [1.54, 1.807) is 25.3 Å². The van der Waals surface area contributed by atoms with E-state index in [4.69, 9.17) is 15.3 Å². The van der Waals surface area contributed by atoms with Gasteiger partial charge in [0, 0.05) is 12.5 Å². The maximum Gasteiger partial charge on any atom is 0.234 e.